The van der Waals surface area contributed by atoms with Crippen molar-refractivity contribution in [3.05, 3.63) is 78.9 Å². The molecule has 174 valence electrons. The number of hydrogen-bond donors (Lipinski definition) is 1. The van der Waals surface area contributed by atoms with Gasteiger partial charge in [0.2, 0.25) is 5.91 Å². The maximum atomic E-state index is 13.4. The van der Waals surface area contributed by atoms with Crippen molar-refractivity contribution in [3.8, 4) is 17.2 Å². The minimum atomic E-state index is -4.01. The quantitative estimate of drug-likeness (QED) is 0.433. The molecule has 0 saturated carbocycles. The fraction of sp³-hybridized carbons (Fsp3) is 0.208. The van der Waals surface area contributed by atoms with Crippen LogP contribution in [-0.4, -0.2) is 48.2 Å². The second-order valence-corrected chi connectivity index (χ2v) is 8.73. The molecule has 0 saturated heterocycles. The Morgan fingerprint density at radius 2 is 1.48 bits per heavy atom. The van der Waals surface area contributed by atoms with Gasteiger partial charge in [0.1, 0.15) is 30.4 Å². The van der Waals surface area contributed by atoms with Crippen molar-refractivity contribution in [2.45, 2.75) is 4.90 Å². The number of ether oxygens (including phenoxy) is 3. The molecular formula is C24H26N2O6S. The number of rotatable bonds is 11. The number of amides is 1. The van der Waals surface area contributed by atoms with Gasteiger partial charge in [-0.05, 0) is 48.5 Å². The molecule has 1 amide bonds. The second-order valence-electron chi connectivity index (χ2n) is 6.87. The number of nitrogens with one attached hydrogen (secondary N) is 1. The van der Waals surface area contributed by atoms with E-state index < -0.39 is 22.5 Å². The summed E-state index contributed by atoms with van der Waals surface area (Å²) >= 11 is 0. The lowest BCUT2D eigenvalue weighted by Crippen LogP contribution is -2.42. The Bertz CT molecular complexity index is 1150. The van der Waals surface area contributed by atoms with Crippen LogP contribution in [0.3, 0.4) is 0 Å². The largest absolute Gasteiger partial charge is 0.497 e. The molecule has 0 unspecified atom stereocenters. The average Bonchev–Trinajstić information content (AvgIpc) is 2.86. The number of carbonyl (C=O) groups is 1. The topological polar surface area (TPSA) is 94.2 Å². The van der Waals surface area contributed by atoms with E-state index in [1.165, 1.54) is 19.2 Å². The van der Waals surface area contributed by atoms with E-state index >= 15 is 0 Å². The third-order valence-electron chi connectivity index (χ3n) is 4.72. The standard InChI is InChI=1S/C24H26N2O6S/c1-30-19-12-14-20(15-13-19)32-17-16-25-24(27)18-26(22-10-6-7-11-23(22)31-2)33(28,29)21-8-4-3-5-9-21/h3-15H,16-18H2,1-2H3,(H,25,27). The van der Waals surface area contributed by atoms with E-state index in [0.29, 0.717) is 17.2 Å². The number of sulfonamides is 1. The Morgan fingerprint density at radius 3 is 2.15 bits per heavy atom. The monoisotopic (exact) mass is 470 g/mol. The maximum absolute atomic E-state index is 13.4. The molecule has 3 rings (SSSR count). The molecule has 3 aromatic carbocycles. The van der Waals surface area contributed by atoms with Crippen LogP contribution < -0.4 is 23.8 Å². The highest BCUT2D eigenvalue weighted by Gasteiger charge is 2.29. The van der Waals surface area contributed by atoms with Gasteiger partial charge in [-0.25, -0.2) is 8.42 Å². The van der Waals surface area contributed by atoms with Crippen LogP contribution in [-0.2, 0) is 14.8 Å². The Balaban J connectivity index is 1.70. The van der Waals surface area contributed by atoms with E-state index in [-0.39, 0.29) is 23.7 Å². The van der Waals surface area contributed by atoms with Gasteiger partial charge in [0.25, 0.3) is 10.0 Å². The highest BCUT2D eigenvalue weighted by atomic mass is 32.2. The van der Waals surface area contributed by atoms with Gasteiger partial charge in [0.05, 0.1) is 31.3 Å². The van der Waals surface area contributed by atoms with Crippen LogP contribution in [0.5, 0.6) is 17.2 Å². The fourth-order valence-electron chi connectivity index (χ4n) is 3.07. The van der Waals surface area contributed by atoms with Gasteiger partial charge < -0.3 is 19.5 Å². The van der Waals surface area contributed by atoms with Crippen molar-refractivity contribution in [3.63, 3.8) is 0 Å². The highest BCUT2D eigenvalue weighted by molar-refractivity contribution is 7.92. The maximum Gasteiger partial charge on any atom is 0.264 e. The molecule has 1 N–H and O–H groups in total. The minimum absolute atomic E-state index is 0.0755. The molecule has 0 atom stereocenters. The Kier molecular flexibility index (Phi) is 8.15. The summed E-state index contributed by atoms with van der Waals surface area (Å²) < 4.78 is 43.8. The third kappa shape index (κ3) is 6.17. The number of anilines is 1. The predicted octanol–water partition coefficient (Wildman–Crippen LogP) is 3.09. The van der Waals surface area contributed by atoms with E-state index in [9.17, 15) is 13.2 Å². The lowest BCUT2D eigenvalue weighted by molar-refractivity contribution is -0.119. The summed E-state index contributed by atoms with van der Waals surface area (Å²) in [5.41, 5.74) is 0.272. The number of methoxy groups -OCH3 is 2. The summed E-state index contributed by atoms with van der Waals surface area (Å²) in [5, 5.41) is 2.70. The van der Waals surface area contributed by atoms with Crippen LogP contribution in [0.1, 0.15) is 0 Å². The minimum Gasteiger partial charge on any atom is -0.497 e. The first-order valence-electron chi connectivity index (χ1n) is 10.2. The molecule has 33 heavy (non-hydrogen) atoms. The van der Waals surface area contributed by atoms with E-state index in [0.717, 1.165) is 4.31 Å². The summed E-state index contributed by atoms with van der Waals surface area (Å²) in [4.78, 5) is 12.7. The zero-order chi connectivity index (χ0) is 23.7. The molecule has 9 heteroatoms. The SMILES string of the molecule is COc1ccc(OCCNC(=O)CN(c2ccccc2OC)S(=O)(=O)c2ccccc2)cc1. The summed E-state index contributed by atoms with van der Waals surface area (Å²) in [6.07, 6.45) is 0. The van der Waals surface area contributed by atoms with Gasteiger partial charge >= 0.3 is 0 Å². The van der Waals surface area contributed by atoms with Crippen molar-refractivity contribution < 1.29 is 27.4 Å². The van der Waals surface area contributed by atoms with Crippen molar-refractivity contribution in [2.24, 2.45) is 0 Å². The van der Waals surface area contributed by atoms with Gasteiger partial charge in [-0.2, -0.15) is 0 Å². The van der Waals surface area contributed by atoms with E-state index in [4.69, 9.17) is 14.2 Å². The van der Waals surface area contributed by atoms with E-state index in [1.54, 1.807) is 73.8 Å². The number of benzene rings is 3. The first kappa shape index (κ1) is 23.9. The van der Waals surface area contributed by atoms with Gasteiger partial charge in [-0.15, -0.1) is 0 Å². The van der Waals surface area contributed by atoms with Crippen molar-refractivity contribution >= 4 is 21.6 Å². The summed E-state index contributed by atoms with van der Waals surface area (Å²) in [7, 11) is -0.984. The van der Waals surface area contributed by atoms with Crippen molar-refractivity contribution in [1.82, 2.24) is 5.32 Å². The zero-order valence-electron chi connectivity index (χ0n) is 18.4. The van der Waals surface area contributed by atoms with Crippen LogP contribution in [0.25, 0.3) is 0 Å². The molecular weight excluding hydrogens is 444 g/mol. The smallest absolute Gasteiger partial charge is 0.264 e. The average molecular weight is 471 g/mol. The molecule has 0 radical (unpaired) electrons. The van der Waals surface area contributed by atoms with Gasteiger partial charge in [-0.3, -0.25) is 9.10 Å². The van der Waals surface area contributed by atoms with Crippen LogP contribution >= 0.6 is 0 Å². The Labute approximate surface area is 193 Å². The summed E-state index contributed by atoms with van der Waals surface area (Å²) in [6, 6.07) is 21.7. The zero-order valence-corrected chi connectivity index (χ0v) is 19.2. The molecule has 3 aromatic rings. The molecule has 0 spiro atoms. The predicted molar refractivity (Wildman–Crippen MR) is 125 cm³/mol. The van der Waals surface area contributed by atoms with Gasteiger partial charge in [0, 0.05) is 0 Å². The highest BCUT2D eigenvalue weighted by Crippen LogP contribution is 2.32. The lowest BCUT2D eigenvalue weighted by atomic mass is 10.3. The van der Waals surface area contributed by atoms with Gasteiger partial charge in [-0.1, -0.05) is 30.3 Å². The van der Waals surface area contributed by atoms with E-state index in [1.807, 2.05) is 0 Å². The first-order valence-corrected chi connectivity index (χ1v) is 11.6. The Morgan fingerprint density at radius 1 is 0.848 bits per heavy atom. The van der Waals surface area contributed by atoms with Gasteiger partial charge in [0.15, 0.2) is 0 Å². The van der Waals surface area contributed by atoms with Crippen molar-refractivity contribution in [1.29, 1.82) is 0 Å². The molecule has 0 aromatic heterocycles. The third-order valence-corrected chi connectivity index (χ3v) is 6.50. The van der Waals surface area contributed by atoms with E-state index in [2.05, 4.69) is 5.32 Å². The number of carbonyl (C=O) groups excluding carboxylic acids is 1. The lowest BCUT2D eigenvalue weighted by Gasteiger charge is -2.25. The van der Waals surface area contributed by atoms with Crippen LogP contribution in [0.4, 0.5) is 5.69 Å². The van der Waals surface area contributed by atoms with Crippen LogP contribution in [0, 0.1) is 0 Å². The summed E-state index contributed by atoms with van der Waals surface area (Å²) in [6.45, 7) is 0.00824. The molecule has 0 aliphatic heterocycles. The summed E-state index contributed by atoms with van der Waals surface area (Å²) in [5.74, 6) is 1.21. The molecule has 8 nitrogen and oxygen atoms in total. The molecule has 0 aliphatic rings. The second kappa shape index (κ2) is 11.2. The van der Waals surface area contributed by atoms with Crippen LogP contribution in [0.15, 0.2) is 83.8 Å². The first-order chi connectivity index (χ1) is 16.0. The number of nitrogens with zero attached hydrogens (tertiary/aromatic N) is 1. The normalized spacial score (nSPS) is 10.8. The van der Waals surface area contributed by atoms with Crippen molar-refractivity contribution in [2.75, 3.05) is 38.2 Å². The number of para-hydroxylation sites is 2. The van der Waals surface area contributed by atoms with Crippen LogP contribution in [0.2, 0.25) is 0 Å². The number of hydrogen-bond acceptors (Lipinski definition) is 6. The fourth-order valence-corrected chi connectivity index (χ4v) is 4.53. The molecule has 0 bridgehead atoms. The molecule has 0 aliphatic carbocycles. The Hall–Kier alpha value is -3.72. The molecule has 0 fully saturated rings. The molecule has 0 heterocycles.